The molecule has 0 heterocycles. The van der Waals surface area contributed by atoms with Gasteiger partial charge < -0.3 is 25.4 Å². The first-order chi connectivity index (χ1) is 9.50. The van der Waals surface area contributed by atoms with E-state index in [4.69, 9.17) is 20.1 Å². The van der Waals surface area contributed by atoms with Crippen LogP contribution in [0.3, 0.4) is 0 Å². The minimum atomic E-state index is -1.40. The van der Waals surface area contributed by atoms with E-state index < -0.39 is 31.3 Å². The Hall–Kier alpha value is -1.63. The van der Waals surface area contributed by atoms with E-state index in [1.54, 1.807) is 19.2 Å². The minimum Gasteiger partial charge on any atom is -0.496 e. The van der Waals surface area contributed by atoms with Crippen molar-refractivity contribution in [2.75, 3.05) is 26.9 Å². The summed E-state index contributed by atoms with van der Waals surface area (Å²) in [7, 11) is 1.56. The van der Waals surface area contributed by atoms with Gasteiger partial charge in [0.15, 0.2) is 0 Å². The summed E-state index contributed by atoms with van der Waals surface area (Å²) in [5.41, 5.74) is 0.311. The summed E-state index contributed by atoms with van der Waals surface area (Å²) >= 11 is 0. The van der Waals surface area contributed by atoms with E-state index in [1.165, 1.54) is 0 Å². The quantitative estimate of drug-likeness (QED) is 0.534. The molecule has 112 valence electrons. The summed E-state index contributed by atoms with van der Waals surface area (Å²) < 4.78 is 5.18. The Kier molecular flexibility index (Phi) is 5.94. The first kappa shape index (κ1) is 16.4. The van der Waals surface area contributed by atoms with E-state index >= 15 is 0 Å². The van der Waals surface area contributed by atoms with Gasteiger partial charge in [-0.25, -0.2) is 0 Å². The highest BCUT2D eigenvalue weighted by molar-refractivity contribution is 5.79. The van der Waals surface area contributed by atoms with Crippen LogP contribution in [0.25, 0.3) is 0 Å². The molecule has 0 aliphatic heterocycles. The van der Waals surface area contributed by atoms with E-state index in [-0.39, 0.29) is 6.42 Å². The maximum absolute atomic E-state index is 11.9. The number of amides is 1. The first-order valence-corrected chi connectivity index (χ1v) is 6.27. The molecule has 0 saturated heterocycles. The Morgan fingerprint density at radius 1 is 1.25 bits per heavy atom. The summed E-state index contributed by atoms with van der Waals surface area (Å²) in [4.78, 5) is 11.9. The van der Waals surface area contributed by atoms with Crippen LogP contribution in [0.1, 0.15) is 11.1 Å². The van der Waals surface area contributed by atoms with Crippen molar-refractivity contribution in [1.29, 1.82) is 0 Å². The molecule has 0 radical (unpaired) electrons. The minimum absolute atomic E-state index is 0.0678. The molecule has 1 aromatic rings. The third-order valence-electron chi connectivity index (χ3n) is 3.15. The molecule has 0 fully saturated rings. The number of carbonyl (C=O) groups excluding carboxylic acids is 1. The van der Waals surface area contributed by atoms with E-state index in [0.29, 0.717) is 5.75 Å². The molecule has 0 aromatic heterocycles. The van der Waals surface area contributed by atoms with Crippen LogP contribution >= 0.6 is 0 Å². The molecule has 0 spiro atoms. The van der Waals surface area contributed by atoms with Crippen LogP contribution < -0.4 is 10.1 Å². The first-order valence-electron chi connectivity index (χ1n) is 6.27. The Morgan fingerprint density at radius 3 is 2.35 bits per heavy atom. The number of ether oxygens (including phenoxy) is 1. The lowest BCUT2D eigenvalue weighted by molar-refractivity contribution is -0.124. The number of methoxy groups -OCH3 is 1. The van der Waals surface area contributed by atoms with Crippen molar-refractivity contribution in [3.63, 3.8) is 0 Å². The Bertz CT molecular complexity index is 449. The van der Waals surface area contributed by atoms with Crippen LogP contribution in [-0.4, -0.2) is 53.7 Å². The van der Waals surface area contributed by atoms with Crippen LogP contribution in [0.15, 0.2) is 18.2 Å². The Labute approximate surface area is 118 Å². The number of hydrogen-bond acceptors (Lipinski definition) is 5. The highest BCUT2D eigenvalue weighted by Crippen LogP contribution is 2.19. The lowest BCUT2D eigenvalue weighted by Gasteiger charge is -2.28. The molecule has 20 heavy (non-hydrogen) atoms. The van der Waals surface area contributed by atoms with Crippen molar-refractivity contribution in [2.24, 2.45) is 0 Å². The third kappa shape index (κ3) is 3.93. The molecule has 6 heteroatoms. The lowest BCUT2D eigenvalue weighted by Crippen LogP contribution is -2.57. The largest absolute Gasteiger partial charge is 0.496 e. The fraction of sp³-hybridized carbons (Fsp3) is 0.500. The fourth-order valence-corrected chi connectivity index (χ4v) is 1.77. The second kappa shape index (κ2) is 7.23. The standard InChI is InChI=1S/C14H21NO5/c1-10-3-4-11(5-12(10)20-2)6-13(19)15-14(7-16,8-17)9-18/h3-5,16-18H,6-9H2,1-2H3,(H,15,19). The zero-order chi connectivity index (χ0) is 15.2. The van der Waals surface area contributed by atoms with Gasteiger partial charge in [-0.05, 0) is 24.1 Å². The summed E-state index contributed by atoms with van der Waals surface area (Å²) in [6.07, 6.45) is 0.0678. The van der Waals surface area contributed by atoms with Gasteiger partial charge in [0.1, 0.15) is 11.3 Å². The van der Waals surface area contributed by atoms with Gasteiger partial charge in [-0.3, -0.25) is 4.79 Å². The normalized spacial score (nSPS) is 11.2. The predicted octanol–water partition coefficient (Wildman–Crippen LogP) is -0.622. The molecule has 1 aromatic carbocycles. The van der Waals surface area contributed by atoms with Gasteiger partial charge in [0.2, 0.25) is 5.91 Å². The summed E-state index contributed by atoms with van der Waals surface area (Å²) in [5, 5.41) is 29.9. The monoisotopic (exact) mass is 283 g/mol. The number of aliphatic hydroxyl groups excluding tert-OH is 3. The van der Waals surface area contributed by atoms with Crippen LogP contribution in [0.2, 0.25) is 0 Å². The van der Waals surface area contributed by atoms with E-state index in [1.807, 2.05) is 13.0 Å². The topological polar surface area (TPSA) is 99.0 Å². The SMILES string of the molecule is COc1cc(CC(=O)NC(CO)(CO)CO)ccc1C. The average Bonchev–Trinajstić information content (AvgIpc) is 2.47. The van der Waals surface area contributed by atoms with Gasteiger partial charge in [0.05, 0.1) is 33.4 Å². The molecule has 6 nitrogen and oxygen atoms in total. The van der Waals surface area contributed by atoms with Crippen LogP contribution in [0, 0.1) is 6.92 Å². The molecule has 0 aliphatic rings. The zero-order valence-electron chi connectivity index (χ0n) is 11.7. The van der Waals surface area contributed by atoms with Gasteiger partial charge in [0, 0.05) is 0 Å². The summed E-state index contributed by atoms with van der Waals surface area (Å²) in [6.45, 7) is 0.284. The van der Waals surface area contributed by atoms with Gasteiger partial charge in [-0.2, -0.15) is 0 Å². The molecule has 1 amide bonds. The molecular weight excluding hydrogens is 262 g/mol. The number of hydrogen-bond donors (Lipinski definition) is 4. The van der Waals surface area contributed by atoms with Gasteiger partial charge >= 0.3 is 0 Å². The average molecular weight is 283 g/mol. The highest BCUT2D eigenvalue weighted by atomic mass is 16.5. The zero-order valence-corrected chi connectivity index (χ0v) is 11.7. The highest BCUT2D eigenvalue weighted by Gasteiger charge is 2.29. The molecule has 0 unspecified atom stereocenters. The summed E-state index contributed by atoms with van der Waals surface area (Å²) in [6, 6.07) is 5.40. The van der Waals surface area contributed by atoms with Crippen molar-refractivity contribution >= 4 is 5.91 Å². The lowest BCUT2D eigenvalue weighted by atomic mass is 10.0. The van der Waals surface area contributed by atoms with Gasteiger partial charge in [0.25, 0.3) is 0 Å². The third-order valence-corrected chi connectivity index (χ3v) is 3.15. The van der Waals surface area contributed by atoms with E-state index in [9.17, 15) is 4.79 Å². The Balaban J connectivity index is 2.76. The van der Waals surface area contributed by atoms with Crippen molar-refractivity contribution in [2.45, 2.75) is 18.9 Å². The number of benzene rings is 1. The number of nitrogens with one attached hydrogen (secondary N) is 1. The second-order valence-electron chi connectivity index (χ2n) is 4.78. The van der Waals surface area contributed by atoms with Gasteiger partial charge in [-0.15, -0.1) is 0 Å². The maximum atomic E-state index is 11.9. The Morgan fingerprint density at radius 2 is 1.85 bits per heavy atom. The van der Waals surface area contributed by atoms with E-state index in [2.05, 4.69) is 5.32 Å². The van der Waals surface area contributed by atoms with Crippen LogP contribution in [-0.2, 0) is 11.2 Å². The number of aliphatic hydroxyl groups is 3. The molecule has 0 atom stereocenters. The smallest absolute Gasteiger partial charge is 0.225 e. The van der Waals surface area contributed by atoms with Gasteiger partial charge in [-0.1, -0.05) is 12.1 Å². The fourth-order valence-electron chi connectivity index (χ4n) is 1.77. The molecule has 4 N–H and O–H groups in total. The van der Waals surface area contributed by atoms with Crippen molar-refractivity contribution in [3.05, 3.63) is 29.3 Å². The summed E-state index contributed by atoms with van der Waals surface area (Å²) in [5.74, 6) is 0.293. The van der Waals surface area contributed by atoms with Crippen LogP contribution in [0.4, 0.5) is 0 Å². The van der Waals surface area contributed by atoms with Crippen LogP contribution in [0.5, 0.6) is 5.75 Å². The molecule has 0 aliphatic carbocycles. The number of carbonyl (C=O) groups is 1. The van der Waals surface area contributed by atoms with Crippen molar-refractivity contribution in [3.8, 4) is 5.75 Å². The molecule has 0 bridgehead atoms. The van der Waals surface area contributed by atoms with Crippen molar-refractivity contribution in [1.82, 2.24) is 5.32 Å². The number of aryl methyl sites for hydroxylation is 1. The maximum Gasteiger partial charge on any atom is 0.225 e. The molecule has 1 rings (SSSR count). The van der Waals surface area contributed by atoms with Crippen molar-refractivity contribution < 1.29 is 24.9 Å². The van der Waals surface area contributed by atoms with E-state index in [0.717, 1.165) is 11.1 Å². The predicted molar refractivity (Wildman–Crippen MR) is 73.6 cm³/mol. The second-order valence-corrected chi connectivity index (χ2v) is 4.78. The number of rotatable bonds is 7. The molecular formula is C14H21NO5. The molecule has 0 saturated carbocycles.